The molecule has 1 aromatic carbocycles. The van der Waals surface area contributed by atoms with E-state index in [1.54, 1.807) is 0 Å². The van der Waals surface area contributed by atoms with E-state index in [2.05, 4.69) is 62.2 Å². The van der Waals surface area contributed by atoms with Crippen molar-refractivity contribution in [1.29, 1.82) is 0 Å². The SMILES string of the molecule is CC1CNc2ccccc2N1CC(C)(C)C. The maximum atomic E-state index is 3.49. The van der Waals surface area contributed by atoms with Gasteiger partial charge in [-0.25, -0.2) is 0 Å². The van der Waals surface area contributed by atoms with Crippen molar-refractivity contribution in [2.75, 3.05) is 23.3 Å². The van der Waals surface area contributed by atoms with Crippen LogP contribution < -0.4 is 10.2 Å². The van der Waals surface area contributed by atoms with E-state index >= 15 is 0 Å². The summed E-state index contributed by atoms with van der Waals surface area (Å²) in [7, 11) is 0. The van der Waals surface area contributed by atoms with Crippen LogP contribution in [0.15, 0.2) is 24.3 Å². The predicted octanol–water partition coefficient (Wildman–Crippen LogP) is 3.35. The van der Waals surface area contributed by atoms with Crippen LogP contribution in [0.5, 0.6) is 0 Å². The molecule has 2 rings (SSSR count). The van der Waals surface area contributed by atoms with Crippen molar-refractivity contribution < 1.29 is 0 Å². The molecule has 1 atom stereocenters. The smallest absolute Gasteiger partial charge is 0.0605 e. The highest BCUT2D eigenvalue weighted by atomic mass is 15.2. The molecule has 1 heterocycles. The number of anilines is 2. The molecule has 0 aromatic heterocycles. The number of hydrogen-bond donors (Lipinski definition) is 1. The lowest BCUT2D eigenvalue weighted by atomic mass is 9.94. The van der Waals surface area contributed by atoms with E-state index in [-0.39, 0.29) is 0 Å². The Balaban J connectivity index is 2.30. The number of fused-ring (bicyclic) bond motifs is 1. The standard InChI is InChI=1S/C14H22N2/c1-11-9-15-12-7-5-6-8-13(12)16(11)10-14(2,3)4/h5-8,11,15H,9-10H2,1-4H3. The van der Waals surface area contributed by atoms with Crippen molar-refractivity contribution in [1.82, 2.24) is 0 Å². The van der Waals surface area contributed by atoms with E-state index in [9.17, 15) is 0 Å². The van der Waals surface area contributed by atoms with Crippen LogP contribution in [0.4, 0.5) is 11.4 Å². The van der Waals surface area contributed by atoms with Crippen LogP contribution in [0.2, 0.25) is 0 Å². The fourth-order valence-electron chi connectivity index (χ4n) is 2.23. The predicted molar refractivity (Wildman–Crippen MR) is 71.2 cm³/mol. The van der Waals surface area contributed by atoms with Crippen molar-refractivity contribution in [3.63, 3.8) is 0 Å². The molecule has 0 spiro atoms. The number of nitrogens with one attached hydrogen (secondary N) is 1. The number of hydrogen-bond acceptors (Lipinski definition) is 2. The van der Waals surface area contributed by atoms with E-state index < -0.39 is 0 Å². The molecule has 2 heteroatoms. The van der Waals surface area contributed by atoms with Gasteiger partial charge in [-0.3, -0.25) is 0 Å². The average Bonchev–Trinajstić information content (AvgIpc) is 2.21. The van der Waals surface area contributed by atoms with Crippen LogP contribution >= 0.6 is 0 Å². The third-order valence-electron chi connectivity index (χ3n) is 2.98. The summed E-state index contributed by atoms with van der Waals surface area (Å²) in [6, 6.07) is 9.15. The minimum absolute atomic E-state index is 0.332. The normalized spacial score (nSPS) is 20.2. The van der Waals surface area contributed by atoms with Crippen LogP contribution in [0.25, 0.3) is 0 Å². The summed E-state index contributed by atoms with van der Waals surface area (Å²) in [5.41, 5.74) is 2.94. The average molecular weight is 218 g/mol. The lowest BCUT2D eigenvalue weighted by molar-refractivity contribution is 0.394. The molecular formula is C14H22N2. The molecule has 1 aliphatic rings. The van der Waals surface area contributed by atoms with Gasteiger partial charge in [0, 0.05) is 19.1 Å². The molecule has 88 valence electrons. The lowest BCUT2D eigenvalue weighted by Gasteiger charge is -2.41. The zero-order valence-corrected chi connectivity index (χ0v) is 10.7. The highest BCUT2D eigenvalue weighted by Gasteiger charge is 2.26. The molecule has 1 aliphatic heterocycles. The minimum atomic E-state index is 0.332. The molecule has 0 aliphatic carbocycles. The van der Waals surface area contributed by atoms with E-state index in [1.807, 2.05) is 0 Å². The monoisotopic (exact) mass is 218 g/mol. The van der Waals surface area contributed by atoms with Gasteiger partial charge >= 0.3 is 0 Å². The number of nitrogens with zero attached hydrogens (tertiary/aromatic N) is 1. The molecule has 1 unspecified atom stereocenters. The van der Waals surface area contributed by atoms with Crippen LogP contribution in [0.1, 0.15) is 27.7 Å². The van der Waals surface area contributed by atoms with Gasteiger partial charge in [-0.2, -0.15) is 0 Å². The first kappa shape index (κ1) is 11.3. The third-order valence-corrected chi connectivity index (χ3v) is 2.98. The highest BCUT2D eigenvalue weighted by molar-refractivity contribution is 5.72. The Labute approximate surface area is 98.7 Å². The van der Waals surface area contributed by atoms with Crippen LogP contribution in [-0.2, 0) is 0 Å². The molecule has 0 saturated carbocycles. The van der Waals surface area contributed by atoms with Crippen LogP contribution in [-0.4, -0.2) is 19.1 Å². The second-order valence-corrected chi connectivity index (χ2v) is 5.94. The molecule has 1 N–H and O–H groups in total. The summed E-state index contributed by atoms with van der Waals surface area (Å²) in [4.78, 5) is 2.52. The Morgan fingerprint density at radius 3 is 2.69 bits per heavy atom. The molecule has 0 fully saturated rings. The second-order valence-electron chi connectivity index (χ2n) is 5.94. The van der Waals surface area contributed by atoms with Crippen molar-refractivity contribution >= 4 is 11.4 Å². The van der Waals surface area contributed by atoms with Crippen molar-refractivity contribution in [3.05, 3.63) is 24.3 Å². The topological polar surface area (TPSA) is 15.3 Å². The van der Waals surface area contributed by atoms with Gasteiger partial charge < -0.3 is 10.2 Å². The summed E-state index contributed by atoms with van der Waals surface area (Å²) in [5.74, 6) is 0. The second kappa shape index (κ2) is 4.00. The van der Waals surface area contributed by atoms with Gasteiger partial charge in [-0.05, 0) is 24.5 Å². The quantitative estimate of drug-likeness (QED) is 0.777. The zero-order chi connectivity index (χ0) is 11.8. The maximum absolute atomic E-state index is 3.49. The van der Waals surface area contributed by atoms with E-state index in [0.717, 1.165) is 13.1 Å². The summed E-state index contributed by atoms with van der Waals surface area (Å²) in [6.45, 7) is 11.3. The Morgan fingerprint density at radius 1 is 1.31 bits per heavy atom. The largest absolute Gasteiger partial charge is 0.381 e. The molecule has 0 saturated heterocycles. The maximum Gasteiger partial charge on any atom is 0.0605 e. The molecule has 0 radical (unpaired) electrons. The summed E-state index contributed by atoms with van der Waals surface area (Å²) < 4.78 is 0. The van der Waals surface area contributed by atoms with Crippen molar-refractivity contribution in [3.8, 4) is 0 Å². The van der Waals surface area contributed by atoms with Crippen molar-refractivity contribution in [2.24, 2.45) is 5.41 Å². The van der Waals surface area contributed by atoms with Crippen LogP contribution in [0.3, 0.4) is 0 Å². The first-order chi connectivity index (χ1) is 7.47. The molecule has 16 heavy (non-hydrogen) atoms. The third kappa shape index (κ3) is 2.31. The molecule has 1 aromatic rings. The Bertz CT molecular complexity index is 365. The lowest BCUT2D eigenvalue weighted by Crippen LogP contribution is -2.45. The fraction of sp³-hybridized carbons (Fsp3) is 0.571. The summed E-state index contributed by atoms with van der Waals surface area (Å²) in [5, 5.41) is 3.49. The van der Waals surface area contributed by atoms with E-state index in [0.29, 0.717) is 11.5 Å². The van der Waals surface area contributed by atoms with Gasteiger partial charge in [0.1, 0.15) is 0 Å². The van der Waals surface area contributed by atoms with E-state index in [4.69, 9.17) is 0 Å². The molecule has 2 nitrogen and oxygen atoms in total. The molecule has 0 bridgehead atoms. The van der Waals surface area contributed by atoms with Gasteiger partial charge in [0.05, 0.1) is 11.4 Å². The van der Waals surface area contributed by atoms with E-state index in [1.165, 1.54) is 11.4 Å². The minimum Gasteiger partial charge on any atom is -0.381 e. The highest BCUT2D eigenvalue weighted by Crippen LogP contribution is 2.33. The number of rotatable bonds is 1. The Kier molecular flexibility index (Phi) is 2.83. The summed E-state index contributed by atoms with van der Waals surface area (Å²) in [6.07, 6.45) is 0. The van der Waals surface area contributed by atoms with Gasteiger partial charge in [-0.15, -0.1) is 0 Å². The number of para-hydroxylation sites is 2. The Hall–Kier alpha value is -1.18. The first-order valence-electron chi connectivity index (χ1n) is 6.07. The molecular weight excluding hydrogens is 196 g/mol. The Morgan fingerprint density at radius 2 is 2.00 bits per heavy atom. The summed E-state index contributed by atoms with van der Waals surface area (Å²) >= 11 is 0. The van der Waals surface area contributed by atoms with Crippen LogP contribution in [0, 0.1) is 5.41 Å². The van der Waals surface area contributed by atoms with Gasteiger partial charge in [-0.1, -0.05) is 32.9 Å². The zero-order valence-electron chi connectivity index (χ0n) is 10.7. The first-order valence-corrected chi connectivity index (χ1v) is 6.07. The number of benzene rings is 1. The van der Waals surface area contributed by atoms with Gasteiger partial charge in [0.2, 0.25) is 0 Å². The van der Waals surface area contributed by atoms with Gasteiger partial charge in [0.15, 0.2) is 0 Å². The van der Waals surface area contributed by atoms with Gasteiger partial charge in [0.25, 0.3) is 0 Å². The van der Waals surface area contributed by atoms with Crippen molar-refractivity contribution in [2.45, 2.75) is 33.7 Å². The fourth-order valence-corrected chi connectivity index (χ4v) is 2.23. The molecule has 0 amide bonds.